The van der Waals surface area contributed by atoms with Crippen molar-refractivity contribution >= 4 is 11.9 Å². The Bertz CT molecular complexity index is 782. The molecule has 0 bridgehead atoms. The van der Waals surface area contributed by atoms with E-state index in [1.54, 1.807) is 6.08 Å². The molecular weight excluding hydrogens is 622 g/mol. The minimum atomic E-state index is -0.860. The van der Waals surface area contributed by atoms with E-state index in [9.17, 15) is 19.8 Å². The van der Waals surface area contributed by atoms with E-state index in [0.29, 0.717) is 19.4 Å². The first-order chi connectivity index (χ1) is 24.5. The fourth-order valence-corrected chi connectivity index (χ4v) is 6.32. The van der Waals surface area contributed by atoms with Crippen molar-refractivity contribution in [3.8, 4) is 0 Å². The summed E-state index contributed by atoms with van der Waals surface area (Å²) in [4.78, 5) is 24.3. The van der Waals surface area contributed by atoms with Gasteiger partial charge in [0.1, 0.15) is 0 Å². The second kappa shape index (κ2) is 40.1. The van der Waals surface area contributed by atoms with Gasteiger partial charge in [0.2, 0.25) is 5.91 Å². The number of rotatable bonds is 39. The molecule has 1 amide bonds. The third-order valence-electron chi connectivity index (χ3n) is 9.72. The summed E-state index contributed by atoms with van der Waals surface area (Å²) in [7, 11) is 0. The molecule has 2 atom stereocenters. The van der Waals surface area contributed by atoms with Gasteiger partial charge in [-0.25, -0.2) is 0 Å². The third kappa shape index (κ3) is 36.1. The summed E-state index contributed by atoms with van der Waals surface area (Å²) in [6.45, 7) is 4.77. The van der Waals surface area contributed by atoms with Crippen LogP contribution in [-0.2, 0) is 14.3 Å². The van der Waals surface area contributed by atoms with Crippen molar-refractivity contribution in [3.05, 3.63) is 24.3 Å². The van der Waals surface area contributed by atoms with Crippen LogP contribution in [-0.4, -0.2) is 47.4 Å². The minimum absolute atomic E-state index is 0.0394. The Morgan fingerprint density at radius 3 is 1.48 bits per heavy atom. The number of allylic oxidation sites excluding steroid dienone is 3. The van der Waals surface area contributed by atoms with E-state index in [1.165, 1.54) is 135 Å². The molecule has 0 saturated heterocycles. The number of unbranched alkanes of at least 4 members (excludes halogenated alkanes) is 26. The van der Waals surface area contributed by atoms with Crippen molar-refractivity contribution in [2.75, 3.05) is 13.2 Å². The van der Waals surface area contributed by atoms with Crippen LogP contribution in [0.4, 0.5) is 0 Å². The molecule has 0 aromatic heterocycles. The first-order valence-corrected chi connectivity index (χ1v) is 21.6. The van der Waals surface area contributed by atoms with E-state index < -0.39 is 12.1 Å². The van der Waals surface area contributed by atoms with Crippen LogP contribution in [0.2, 0.25) is 0 Å². The van der Waals surface area contributed by atoms with Crippen molar-refractivity contribution in [3.63, 3.8) is 0 Å². The molecule has 0 saturated carbocycles. The molecule has 0 aromatic carbocycles. The lowest BCUT2D eigenvalue weighted by molar-refractivity contribution is -0.143. The number of aliphatic hydroxyl groups excluding tert-OH is 2. The van der Waals surface area contributed by atoms with Crippen molar-refractivity contribution in [1.82, 2.24) is 5.32 Å². The first kappa shape index (κ1) is 48.3. The molecule has 0 fully saturated rings. The van der Waals surface area contributed by atoms with Gasteiger partial charge in [0.15, 0.2) is 0 Å². The normalized spacial score (nSPS) is 13.0. The van der Waals surface area contributed by atoms with Gasteiger partial charge >= 0.3 is 5.97 Å². The standard InChI is InChI=1S/C44H83NO5/c1-3-5-7-9-11-13-15-16-18-20-24-28-32-36-42(47)41(40-46)45-43(48)37-33-29-25-21-19-23-27-31-35-39-50-44(49)38-34-30-26-22-17-14-12-10-8-6-4-2/h10,12,32,36,41-42,46-47H,3-9,11,13-31,33-35,37-40H2,1-2H3,(H,45,48)/b12-10-,36-32+. The quantitative estimate of drug-likeness (QED) is 0.0336. The zero-order valence-corrected chi connectivity index (χ0v) is 33.1. The predicted molar refractivity (Wildman–Crippen MR) is 213 cm³/mol. The van der Waals surface area contributed by atoms with Crippen LogP contribution in [0.15, 0.2) is 24.3 Å². The number of carbonyl (C=O) groups excluding carboxylic acids is 2. The molecule has 0 aliphatic carbocycles. The van der Waals surface area contributed by atoms with Crippen LogP contribution in [0, 0.1) is 0 Å². The Morgan fingerprint density at radius 2 is 0.960 bits per heavy atom. The van der Waals surface area contributed by atoms with E-state index >= 15 is 0 Å². The van der Waals surface area contributed by atoms with Crippen LogP contribution in [0.25, 0.3) is 0 Å². The van der Waals surface area contributed by atoms with Gasteiger partial charge in [-0.1, -0.05) is 179 Å². The smallest absolute Gasteiger partial charge is 0.305 e. The fourth-order valence-electron chi connectivity index (χ4n) is 6.32. The first-order valence-electron chi connectivity index (χ1n) is 21.6. The lowest BCUT2D eigenvalue weighted by Gasteiger charge is -2.20. The highest BCUT2D eigenvalue weighted by Gasteiger charge is 2.18. The van der Waals surface area contributed by atoms with Gasteiger partial charge in [0.05, 0.1) is 25.4 Å². The maximum absolute atomic E-state index is 12.4. The number of aliphatic hydroxyl groups is 2. The summed E-state index contributed by atoms with van der Waals surface area (Å²) in [5, 5.41) is 22.9. The molecule has 0 spiro atoms. The van der Waals surface area contributed by atoms with Gasteiger partial charge in [-0.2, -0.15) is 0 Å². The van der Waals surface area contributed by atoms with E-state index in [0.717, 1.165) is 57.8 Å². The maximum Gasteiger partial charge on any atom is 0.305 e. The summed E-state index contributed by atoms with van der Waals surface area (Å²) < 4.78 is 5.41. The van der Waals surface area contributed by atoms with E-state index in [4.69, 9.17) is 4.74 Å². The summed E-state index contributed by atoms with van der Waals surface area (Å²) in [6, 6.07) is -0.646. The van der Waals surface area contributed by atoms with Gasteiger partial charge in [-0.05, 0) is 51.4 Å². The lowest BCUT2D eigenvalue weighted by Crippen LogP contribution is -2.45. The predicted octanol–water partition coefficient (Wildman–Crippen LogP) is 12.0. The van der Waals surface area contributed by atoms with Crippen LogP contribution in [0.5, 0.6) is 0 Å². The van der Waals surface area contributed by atoms with Gasteiger partial charge in [0.25, 0.3) is 0 Å². The van der Waals surface area contributed by atoms with Gasteiger partial charge in [-0.15, -0.1) is 0 Å². The number of hydrogen-bond acceptors (Lipinski definition) is 5. The largest absolute Gasteiger partial charge is 0.466 e. The van der Waals surface area contributed by atoms with Crippen LogP contribution < -0.4 is 5.32 Å². The number of esters is 1. The van der Waals surface area contributed by atoms with Crippen molar-refractivity contribution in [2.45, 2.75) is 231 Å². The molecule has 294 valence electrons. The van der Waals surface area contributed by atoms with Crippen molar-refractivity contribution in [1.29, 1.82) is 0 Å². The molecule has 2 unspecified atom stereocenters. The molecule has 0 aliphatic heterocycles. The average molecular weight is 706 g/mol. The highest BCUT2D eigenvalue weighted by Crippen LogP contribution is 2.14. The summed E-state index contributed by atoms with van der Waals surface area (Å²) >= 11 is 0. The summed E-state index contributed by atoms with van der Waals surface area (Å²) in [5.41, 5.74) is 0. The SMILES string of the molecule is CCCC/C=C\CCCCCCCC(=O)OCCCCCCCCCCCC(=O)NC(CO)C(O)/C=C/CCCCCCCCCCCCC. The number of hydrogen-bond donors (Lipinski definition) is 3. The summed E-state index contributed by atoms with van der Waals surface area (Å²) in [5.74, 6) is -0.137. The van der Waals surface area contributed by atoms with E-state index in [1.807, 2.05) is 6.08 Å². The molecule has 0 aliphatic rings. The molecule has 0 radical (unpaired) electrons. The Hall–Kier alpha value is -1.66. The number of ether oxygens (including phenoxy) is 1. The lowest BCUT2D eigenvalue weighted by atomic mass is 10.0. The van der Waals surface area contributed by atoms with Crippen LogP contribution in [0.1, 0.15) is 219 Å². The Morgan fingerprint density at radius 1 is 0.540 bits per heavy atom. The zero-order valence-electron chi connectivity index (χ0n) is 33.1. The monoisotopic (exact) mass is 706 g/mol. The molecule has 0 aromatic rings. The van der Waals surface area contributed by atoms with Crippen molar-refractivity contribution < 1.29 is 24.5 Å². The van der Waals surface area contributed by atoms with Crippen LogP contribution in [0.3, 0.4) is 0 Å². The Labute approximate surface area is 310 Å². The highest BCUT2D eigenvalue weighted by atomic mass is 16.5. The van der Waals surface area contributed by atoms with Gasteiger partial charge in [-0.3, -0.25) is 9.59 Å². The third-order valence-corrected chi connectivity index (χ3v) is 9.72. The number of nitrogens with one attached hydrogen (secondary N) is 1. The number of amides is 1. The van der Waals surface area contributed by atoms with E-state index in [2.05, 4.69) is 31.3 Å². The van der Waals surface area contributed by atoms with E-state index in [-0.39, 0.29) is 18.5 Å². The molecule has 0 rings (SSSR count). The highest BCUT2D eigenvalue weighted by molar-refractivity contribution is 5.76. The Kier molecular flexibility index (Phi) is 38.8. The molecule has 3 N–H and O–H groups in total. The van der Waals surface area contributed by atoms with Gasteiger partial charge < -0.3 is 20.3 Å². The second-order valence-corrected chi connectivity index (χ2v) is 14.7. The zero-order chi connectivity index (χ0) is 36.6. The molecule has 0 heterocycles. The number of carbonyl (C=O) groups is 2. The fraction of sp³-hybridized carbons (Fsp3) is 0.864. The molecule has 6 heteroatoms. The summed E-state index contributed by atoms with van der Waals surface area (Å²) in [6.07, 6.45) is 44.4. The topological polar surface area (TPSA) is 95.9 Å². The van der Waals surface area contributed by atoms with Gasteiger partial charge in [0, 0.05) is 12.8 Å². The molecule has 6 nitrogen and oxygen atoms in total. The van der Waals surface area contributed by atoms with Crippen molar-refractivity contribution in [2.24, 2.45) is 0 Å². The average Bonchev–Trinajstić information content (AvgIpc) is 3.11. The molecular formula is C44H83NO5. The second-order valence-electron chi connectivity index (χ2n) is 14.7. The Balaban J connectivity index is 3.57. The minimum Gasteiger partial charge on any atom is -0.466 e. The maximum atomic E-state index is 12.4. The van der Waals surface area contributed by atoms with Crippen LogP contribution >= 0.6 is 0 Å². The molecule has 50 heavy (non-hydrogen) atoms.